The fourth-order valence-corrected chi connectivity index (χ4v) is 7.36. The smallest absolute Gasteiger partial charge is 0.175 e. The molecular formula is C36H28B2O4S2. The normalized spacial score (nSPS) is 12.1. The lowest BCUT2D eigenvalue weighted by Crippen LogP contribution is -2.03. The summed E-state index contributed by atoms with van der Waals surface area (Å²) in [5, 5.41) is 3.99. The number of hydrogen-bond donors (Lipinski definition) is 0. The molecule has 0 amide bonds. The van der Waals surface area contributed by atoms with Gasteiger partial charge in [-0.05, 0) is 102 Å². The first-order valence-corrected chi connectivity index (χ1v) is 17.9. The number of fused-ring (bicyclic) bond motifs is 2. The van der Waals surface area contributed by atoms with E-state index < -0.39 is 19.7 Å². The molecule has 0 saturated heterocycles. The van der Waals surface area contributed by atoms with Gasteiger partial charge in [0.05, 0.1) is 25.5 Å². The first-order valence-electron chi connectivity index (χ1n) is 14.1. The van der Waals surface area contributed by atoms with Gasteiger partial charge in [-0.1, -0.05) is 85.4 Å². The second-order valence-corrected chi connectivity index (χ2v) is 15.0. The predicted molar refractivity (Wildman–Crippen MR) is 183 cm³/mol. The molecule has 0 spiro atoms. The monoisotopic (exact) mass is 610 g/mol. The average Bonchev–Trinajstić information content (AvgIpc) is 3.02. The van der Waals surface area contributed by atoms with Crippen molar-refractivity contribution in [2.45, 2.75) is 22.4 Å². The molecule has 8 heteroatoms. The van der Waals surface area contributed by atoms with E-state index in [2.05, 4.69) is 30.3 Å². The number of rotatable bonds is 7. The molecule has 0 aliphatic rings. The van der Waals surface area contributed by atoms with Crippen LogP contribution < -0.4 is 0 Å². The Bertz CT molecular complexity index is 2290. The van der Waals surface area contributed by atoms with E-state index in [1.54, 1.807) is 30.3 Å². The molecular weight excluding hydrogens is 582 g/mol. The first kappa shape index (κ1) is 29.9. The lowest BCUT2D eigenvalue weighted by Gasteiger charge is -2.24. The maximum absolute atomic E-state index is 12.5. The number of hydrogen-bond acceptors (Lipinski definition) is 4. The van der Waals surface area contributed by atoms with Crippen LogP contribution in [-0.4, -0.2) is 45.0 Å². The number of sulfone groups is 2. The Kier molecular flexibility index (Phi) is 7.76. The fourth-order valence-electron chi connectivity index (χ4n) is 6.07. The second-order valence-electron chi connectivity index (χ2n) is 11.0. The molecule has 4 radical (unpaired) electrons. The Morgan fingerprint density at radius 2 is 0.977 bits per heavy atom. The van der Waals surface area contributed by atoms with E-state index in [1.807, 2.05) is 48.5 Å². The van der Waals surface area contributed by atoms with Crippen molar-refractivity contribution in [3.8, 4) is 33.4 Å². The van der Waals surface area contributed by atoms with Crippen LogP contribution in [0.3, 0.4) is 0 Å². The lowest BCUT2D eigenvalue weighted by atomic mass is 9.76. The van der Waals surface area contributed by atoms with E-state index in [0.29, 0.717) is 0 Å². The van der Waals surface area contributed by atoms with Gasteiger partial charge in [0.1, 0.15) is 0 Å². The summed E-state index contributed by atoms with van der Waals surface area (Å²) in [5.41, 5.74) is 7.02. The van der Waals surface area contributed by atoms with Crippen LogP contribution in [0.5, 0.6) is 0 Å². The van der Waals surface area contributed by atoms with Crippen molar-refractivity contribution in [3.63, 3.8) is 0 Å². The van der Waals surface area contributed by atoms with Gasteiger partial charge >= 0.3 is 0 Å². The van der Waals surface area contributed by atoms with Crippen LogP contribution in [0.2, 0.25) is 0 Å². The third-order valence-electron chi connectivity index (χ3n) is 8.14. The van der Waals surface area contributed by atoms with Crippen molar-refractivity contribution in [1.29, 1.82) is 0 Å². The Morgan fingerprint density at radius 3 is 1.45 bits per heavy atom. The molecule has 6 rings (SSSR count). The van der Waals surface area contributed by atoms with Crippen LogP contribution in [0, 0.1) is 0 Å². The summed E-state index contributed by atoms with van der Waals surface area (Å²) in [7, 11) is 6.36. The van der Waals surface area contributed by atoms with Crippen LogP contribution in [-0.2, 0) is 32.3 Å². The van der Waals surface area contributed by atoms with Crippen molar-refractivity contribution in [2.75, 3.05) is 12.5 Å². The molecule has 0 atom stereocenters. The van der Waals surface area contributed by atoms with Crippen molar-refractivity contribution >= 4 is 56.9 Å². The molecule has 0 fully saturated rings. The minimum absolute atomic E-state index is 0.199. The largest absolute Gasteiger partial charge is 0.224 e. The van der Waals surface area contributed by atoms with Gasteiger partial charge < -0.3 is 0 Å². The summed E-state index contributed by atoms with van der Waals surface area (Å²) in [6.07, 6.45) is 2.81. The standard InChI is InChI=1S/C36H28B2O4S2/c1-43(39,40)27-16-14-23(15-17-27)31-19-25-8-3-5-12-29(25)35(33(31)21-37)36-30-13-6-4-9-26(30)20-32(34(36)22-38)24-10-7-11-28(18-24)44(2,41)42/h3-20H,21-22H2,1-2H3. The number of benzene rings is 6. The topological polar surface area (TPSA) is 68.3 Å². The van der Waals surface area contributed by atoms with E-state index >= 15 is 0 Å². The summed E-state index contributed by atoms with van der Waals surface area (Å²) in [6.45, 7) is 0. The fraction of sp³-hybridized carbons (Fsp3) is 0.111. The van der Waals surface area contributed by atoms with E-state index in [0.717, 1.165) is 66.1 Å². The maximum atomic E-state index is 12.5. The van der Waals surface area contributed by atoms with Crippen molar-refractivity contribution < 1.29 is 16.8 Å². The predicted octanol–water partition coefficient (Wildman–Crippen LogP) is 7.14. The zero-order chi connectivity index (χ0) is 31.2. The molecule has 0 N–H and O–H groups in total. The average molecular weight is 610 g/mol. The molecule has 0 heterocycles. The molecule has 44 heavy (non-hydrogen) atoms. The summed E-state index contributed by atoms with van der Waals surface area (Å²) < 4.78 is 49.3. The lowest BCUT2D eigenvalue weighted by molar-refractivity contribution is 0.600. The van der Waals surface area contributed by atoms with Crippen molar-refractivity contribution in [1.82, 2.24) is 0 Å². The highest BCUT2D eigenvalue weighted by atomic mass is 32.2. The molecule has 6 aromatic carbocycles. The molecule has 214 valence electrons. The molecule has 0 aliphatic heterocycles. The van der Waals surface area contributed by atoms with Crippen LogP contribution >= 0.6 is 0 Å². The molecule has 0 unspecified atom stereocenters. The highest BCUT2D eigenvalue weighted by Gasteiger charge is 2.22. The molecule has 6 aromatic rings. The summed E-state index contributed by atoms with van der Waals surface area (Å²) in [4.78, 5) is 0.484. The SMILES string of the molecule is [B]Cc1c(-c2ccc(S(C)(=O)=O)cc2)cc2ccccc2c1-c1c(C[B])c(-c2cccc(S(C)(=O)=O)c2)cc2ccccc12. The van der Waals surface area contributed by atoms with E-state index in [-0.39, 0.29) is 22.4 Å². The van der Waals surface area contributed by atoms with Gasteiger partial charge in [0.25, 0.3) is 0 Å². The third-order valence-corrected chi connectivity index (χ3v) is 10.4. The van der Waals surface area contributed by atoms with E-state index in [9.17, 15) is 16.8 Å². The van der Waals surface area contributed by atoms with Gasteiger partial charge in [-0.25, -0.2) is 16.8 Å². The quantitative estimate of drug-likeness (QED) is 0.180. The molecule has 0 aromatic heterocycles. The minimum Gasteiger partial charge on any atom is -0.224 e. The van der Waals surface area contributed by atoms with Gasteiger partial charge in [-0.15, -0.1) is 0 Å². The van der Waals surface area contributed by atoms with Crippen molar-refractivity contribution in [2.24, 2.45) is 0 Å². The summed E-state index contributed by atoms with van der Waals surface area (Å²) in [6, 6.07) is 34.2. The van der Waals surface area contributed by atoms with E-state index in [1.165, 1.54) is 12.5 Å². The highest BCUT2D eigenvalue weighted by Crippen LogP contribution is 2.46. The Hall–Kier alpha value is -4.13. The zero-order valence-electron chi connectivity index (χ0n) is 24.4. The van der Waals surface area contributed by atoms with Crippen LogP contribution in [0.25, 0.3) is 54.9 Å². The summed E-state index contributed by atoms with van der Waals surface area (Å²) in [5.74, 6) is 0. The molecule has 4 nitrogen and oxygen atoms in total. The van der Waals surface area contributed by atoms with Gasteiger partial charge in [-0.3, -0.25) is 0 Å². The Balaban J connectivity index is 1.75. The van der Waals surface area contributed by atoms with Crippen LogP contribution in [0.15, 0.2) is 119 Å². The Morgan fingerprint density at radius 1 is 0.500 bits per heavy atom. The van der Waals surface area contributed by atoms with Gasteiger partial charge in [-0.2, -0.15) is 0 Å². The first-order chi connectivity index (χ1) is 21.0. The maximum Gasteiger partial charge on any atom is 0.175 e. The molecule has 0 saturated carbocycles. The molecule has 0 bridgehead atoms. The molecule has 0 aliphatic carbocycles. The van der Waals surface area contributed by atoms with Gasteiger partial charge in [0.2, 0.25) is 0 Å². The zero-order valence-corrected chi connectivity index (χ0v) is 26.0. The third kappa shape index (κ3) is 5.37. The second kappa shape index (κ2) is 11.4. The van der Waals surface area contributed by atoms with Crippen molar-refractivity contribution in [3.05, 3.63) is 120 Å². The van der Waals surface area contributed by atoms with Crippen LogP contribution in [0.1, 0.15) is 11.1 Å². The van der Waals surface area contributed by atoms with Gasteiger partial charge in [0.15, 0.2) is 19.7 Å². The van der Waals surface area contributed by atoms with Crippen LogP contribution in [0.4, 0.5) is 0 Å². The Labute approximate surface area is 261 Å². The minimum atomic E-state index is -3.43. The van der Waals surface area contributed by atoms with Gasteiger partial charge in [0, 0.05) is 12.5 Å². The summed E-state index contributed by atoms with van der Waals surface area (Å²) >= 11 is 0. The highest BCUT2D eigenvalue weighted by molar-refractivity contribution is 7.91. The van der Waals surface area contributed by atoms with E-state index in [4.69, 9.17) is 15.7 Å².